The lowest BCUT2D eigenvalue weighted by atomic mass is 10.0. The Morgan fingerprint density at radius 2 is 1.95 bits per heavy atom. The number of ether oxygens (including phenoxy) is 1. The van der Waals surface area contributed by atoms with E-state index in [2.05, 4.69) is 35.9 Å². The fourth-order valence-corrected chi connectivity index (χ4v) is 2.26. The summed E-state index contributed by atoms with van der Waals surface area (Å²) >= 11 is 1.44. The highest BCUT2D eigenvalue weighted by Gasteiger charge is 2.11. The third-order valence-electron chi connectivity index (χ3n) is 2.89. The second kappa shape index (κ2) is 6.13. The van der Waals surface area contributed by atoms with E-state index in [4.69, 9.17) is 10.5 Å². The smallest absolute Gasteiger partial charge is 0.225 e. The number of nitrogens with two attached hydrogens (primary N) is 1. The van der Waals surface area contributed by atoms with Crippen molar-refractivity contribution >= 4 is 17.6 Å². The van der Waals surface area contributed by atoms with Gasteiger partial charge >= 0.3 is 0 Å². The van der Waals surface area contributed by atoms with E-state index in [0.29, 0.717) is 22.8 Å². The number of nitrogens with zero attached hydrogens (tertiary/aromatic N) is 2. The summed E-state index contributed by atoms with van der Waals surface area (Å²) < 4.78 is 5.93. The first-order chi connectivity index (χ1) is 9.49. The van der Waals surface area contributed by atoms with Crippen LogP contribution in [-0.4, -0.2) is 16.2 Å². The van der Waals surface area contributed by atoms with Crippen molar-refractivity contribution in [3.63, 3.8) is 0 Å². The Hall–Kier alpha value is -1.75. The Labute approximate surface area is 123 Å². The number of thioether (sulfide) groups is 1. The maximum Gasteiger partial charge on any atom is 0.225 e. The third kappa shape index (κ3) is 3.42. The molecule has 4 nitrogen and oxygen atoms in total. The minimum Gasteiger partial charge on any atom is -0.439 e. The number of nitrogen functional groups attached to an aromatic ring is 1. The SMILES string of the molecule is CSc1nc(N)cc(Oc2cc(C)ccc2C(C)C)n1. The van der Waals surface area contributed by atoms with Gasteiger partial charge in [0.2, 0.25) is 5.88 Å². The molecule has 0 bridgehead atoms. The van der Waals surface area contributed by atoms with E-state index in [1.54, 1.807) is 6.07 Å². The van der Waals surface area contributed by atoms with Gasteiger partial charge in [0.25, 0.3) is 0 Å². The van der Waals surface area contributed by atoms with E-state index in [9.17, 15) is 0 Å². The molecule has 0 aliphatic heterocycles. The van der Waals surface area contributed by atoms with Crippen LogP contribution >= 0.6 is 11.8 Å². The standard InChI is InChI=1S/C15H19N3OS/c1-9(2)11-6-5-10(3)7-12(11)19-14-8-13(16)17-15(18-14)20-4/h5-9H,1-4H3,(H2,16,17,18). The van der Waals surface area contributed by atoms with Crippen LogP contribution in [0.1, 0.15) is 30.9 Å². The Bertz CT molecular complexity index is 614. The summed E-state index contributed by atoms with van der Waals surface area (Å²) in [7, 11) is 0. The summed E-state index contributed by atoms with van der Waals surface area (Å²) in [6, 6.07) is 7.85. The normalized spacial score (nSPS) is 10.8. The molecule has 0 atom stereocenters. The zero-order valence-electron chi connectivity index (χ0n) is 12.2. The predicted octanol–water partition coefficient (Wildman–Crippen LogP) is 4.00. The zero-order chi connectivity index (χ0) is 14.7. The second-order valence-electron chi connectivity index (χ2n) is 4.92. The van der Waals surface area contributed by atoms with E-state index < -0.39 is 0 Å². The lowest BCUT2D eigenvalue weighted by Gasteiger charge is -2.14. The van der Waals surface area contributed by atoms with Crippen LogP contribution in [0.5, 0.6) is 11.6 Å². The Morgan fingerprint density at radius 1 is 1.20 bits per heavy atom. The van der Waals surface area contributed by atoms with E-state index in [1.165, 1.54) is 11.8 Å². The van der Waals surface area contributed by atoms with Crippen LogP contribution in [0.2, 0.25) is 0 Å². The molecule has 1 heterocycles. The van der Waals surface area contributed by atoms with Gasteiger partial charge in [-0.05, 0) is 36.3 Å². The molecule has 1 aromatic heterocycles. The molecule has 0 aliphatic carbocycles. The molecule has 2 rings (SSSR count). The molecule has 106 valence electrons. The molecule has 20 heavy (non-hydrogen) atoms. The summed E-state index contributed by atoms with van der Waals surface area (Å²) in [5.41, 5.74) is 8.07. The summed E-state index contributed by atoms with van der Waals surface area (Å²) in [5, 5.41) is 0.610. The molecule has 0 fully saturated rings. The molecule has 0 amide bonds. The van der Waals surface area contributed by atoms with E-state index in [-0.39, 0.29) is 0 Å². The first kappa shape index (κ1) is 14.7. The monoisotopic (exact) mass is 289 g/mol. The van der Waals surface area contributed by atoms with Crippen molar-refractivity contribution in [3.8, 4) is 11.6 Å². The second-order valence-corrected chi connectivity index (χ2v) is 5.69. The number of hydrogen-bond acceptors (Lipinski definition) is 5. The van der Waals surface area contributed by atoms with Crippen molar-refractivity contribution < 1.29 is 4.74 Å². The number of benzene rings is 1. The van der Waals surface area contributed by atoms with Crippen LogP contribution < -0.4 is 10.5 Å². The van der Waals surface area contributed by atoms with Gasteiger partial charge in [-0.25, -0.2) is 4.98 Å². The van der Waals surface area contributed by atoms with Gasteiger partial charge in [0.15, 0.2) is 5.16 Å². The van der Waals surface area contributed by atoms with Crippen molar-refractivity contribution in [1.82, 2.24) is 9.97 Å². The number of hydrogen-bond donors (Lipinski definition) is 1. The predicted molar refractivity (Wildman–Crippen MR) is 83.6 cm³/mol. The van der Waals surface area contributed by atoms with E-state index in [0.717, 1.165) is 16.9 Å². The maximum atomic E-state index is 5.93. The zero-order valence-corrected chi connectivity index (χ0v) is 13.0. The van der Waals surface area contributed by atoms with Crippen molar-refractivity contribution in [2.75, 3.05) is 12.0 Å². The highest BCUT2D eigenvalue weighted by Crippen LogP contribution is 2.31. The topological polar surface area (TPSA) is 61.0 Å². The van der Waals surface area contributed by atoms with E-state index in [1.807, 2.05) is 19.2 Å². The summed E-state index contributed by atoms with van der Waals surface area (Å²) in [6.45, 7) is 6.32. The van der Waals surface area contributed by atoms with Crippen LogP contribution in [0.4, 0.5) is 5.82 Å². The number of aromatic nitrogens is 2. The van der Waals surface area contributed by atoms with Crippen LogP contribution in [-0.2, 0) is 0 Å². The molecular weight excluding hydrogens is 270 g/mol. The third-order valence-corrected chi connectivity index (χ3v) is 3.44. The van der Waals surface area contributed by atoms with Gasteiger partial charge in [0, 0.05) is 6.07 Å². The van der Waals surface area contributed by atoms with Crippen LogP contribution in [0.25, 0.3) is 0 Å². The number of rotatable bonds is 4. The number of aryl methyl sites for hydroxylation is 1. The molecule has 0 saturated heterocycles. The average molecular weight is 289 g/mol. The van der Waals surface area contributed by atoms with Gasteiger partial charge < -0.3 is 10.5 Å². The summed E-state index contributed by atoms with van der Waals surface area (Å²) in [6.07, 6.45) is 1.91. The van der Waals surface area contributed by atoms with Gasteiger partial charge in [-0.1, -0.05) is 37.7 Å². The van der Waals surface area contributed by atoms with Gasteiger partial charge in [0.1, 0.15) is 11.6 Å². The van der Waals surface area contributed by atoms with Crippen molar-refractivity contribution in [2.45, 2.75) is 31.8 Å². The highest BCUT2D eigenvalue weighted by atomic mass is 32.2. The first-order valence-corrected chi connectivity index (χ1v) is 7.69. The first-order valence-electron chi connectivity index (χ1n) is 6.46. The van der Waals surface area contributed by atoms with Crippen LogP contribution in [0, 0.1) is 6.92 Å². The highest BCUT2D eigenvalue weighted by molar-refractivity contribution is 7.98. The fraction of sp³-hybridized carbons (Fsp3) is 0.333. The van der Waals surface area contributed by atoms with Crippen LogP contribution in [0.3, 0.4) is 0 Å². The van der Waals surface area contributed by atoms with Gasteiger partial charge in [-0.2, -0.15) is 4.98 Å². The molecule has 0 radical (unpaired) electrons. The average Bonchev–Trinajstić information content (AvgIpc) is 2.37. The van der Waals surface area contributed by atoms with Crippen molar-refractivity contribution in [2.24, 2.45) is 0 Å². The summed E-state index contributed by atoms with van der Waals surface area (Å²) in [4.78, 5) is 8.45. The molecule has 0 saturated carbocycles. The quantitative estimate of drug-likeness (QED) is 0.681. The molecule has 2 N–H and O–H groups in total. The maximum absolute atomic E-state index is 5.93. The Morgan fingerprint density at radius 3 is 2.60 bits per heavy atom. The summed E-state index contributed by atoms with van der Waals surface area (Å²) in [5.74, 6) is 2.10. The molecule has 1 aromatic carbocycles. The minimum atomic E-state index is 0.379. The molecule has 0 aliphatic rings. The lowest BCUT2D eigenvalue weighted by molar-refractivity contribution is 0.448. The largest absolute Gasteiger partial charge is 0.439 e. The minimum absolute atomic E-state index is 0.379. The van der Waals surface area contributed by atoms with Crippen LogP contribution in [0.15, 0.2) is 29.4 Å². The van der Waals surface area contributed by atoms with E-state index >= 15 is 0 Å². The molecule has 2 aromatic rings. The van der Waals surface area contributed by atoms with Gasteiger partial charge in [-0.15, -0.1) is 0 Å². The van der Waals surface area contributed by atoms with Crippen molar-refractivity contribution in [1.29, 1.82) is 0 Å². The number of anilines is 1. The van der Waals surface area contributed by atoms with Gasteiger partial charge in [0.05, 0.1) is 0 Å². The van der Waals surface area contributed by atoms with Gasteiger partial charge in [-0.3, -0.25) is 0 Å². The molecular formula is C15H19N3OS. The molecule has 0 spiro atoms. The Balaban J connectivity index is 2.38. The molecule has 0 unspecified atom stereocenters. The van der Waals surface area contributed by atoms with Crippen molar-refractivity contribution in [3.05, 3.63) is 35.4 Å². The molecule has 5 heteroatoms. The lowest BCUT2D eigenvalue weighted by Crippen LogP contribution is -1.99. The Kier molecular flexibility index (Phi) is 4.49. The fourth-order valence-electron chi connectivity index (χ4n) is 1.88.